The molecule has 76 valence electrons. The highest BCUT2D eigenvalue weighted by Crippen LogP contribution is 2.14. The molecule has 0 saturated heterocycles. The van der Waals surface area contributed by atoms with E-state index < -0.39 is 0 Å². The minimum absolute atomic E-state index is 0.315. The first-order valence-electron chi connectivity index (χ1n) is 4.07. The van der Waals surface area contributed by atoms with Crippen molar-refractivity contribution >= 4 is 23.2 Å². The average molecular weight is 234 g/mol. The third kappa shape index (κ3) is 3.66. The van der Waals surface area contributed by atoms with Crippen molar-refractivity contribution < 1.29 is 4.39 Å². The molecule has 0 fully saturated rings. The summed E-state index contributed by atoms with van der Waals surface area (Å²) >= 11 is 11.1. The van der Waals surface area contributed by atoms with Gasteiger partial charge in [0.05, 0.1) is 0 Å². The zero-order valence-corrected chi connectivity index (χ0v) is 9.00. The first-order chi connectivity index (χ1) is 6.59. The van der Waals surface area contributed by atoms with E-state index >= 15 is 0 Å². The first kappa shape index (κ1) is 11.5. The van der Waals surface area contributed by atoms with Crippen LogP contribution in [0.3, 0.4) is 0 Å². The Labute approximate surface area is 92.5 Å². The van der Waals surface area contributed by atoms with Crippen molar-refractivity contribution in [3.8, 4) is 0 Å². The van der Waals surface area contributed by atoms with Crippen molar-refractivity contribution in [2.75, 3.05) is 6.54 Å². The lowest BCUT2D eigenvalue weighted by Gasteiger charge is -2.04. The van der Waals surface area contributed by atoms with Crippen LogP contribution in [-0.4, -0.2) is 6.54 Å². The Morgan fingerprint density at radius 3 is 2.79 bits per heavy atom. The van der Waals surface area contributed by atoms with Crippen molar-refractivity contribution in [3.05, 3.63) is 46.2 Å². The van der Waals surface area contributed by atoms with Crippen LogP contribution >= 0.6 is 23.2 Å². The molecule has 0 aromatic heterocycles. The predicted octanol–water partition coefficient (Wildman–Crippen LogP) is 3.32. The van der Waals surface area contributed by atoms with E-state index in [4.69, 9.17) is 23.2 Å². The molecule has 0 spiro atoms. The lowest BCUT2D eigenvalue weighted by atomic mass is 10.2. The van der Waals surface area contributed by atoms with Gasteiger partial charge in [-0.3, -0.25) is 0 Å². The standard InChI is InChI=1S/C10H10Cl2FN/c1-7(11)5-14-6-8-2-3-9(12)4-10(8)13/h2-4,14H,1,5-6H2. The van der Waals surface area contributed by atoms with Gasteiger partial charge in [0.25, 0.3) is 0 Å². The van der Waals surface area contributed by atoms with Gasteiger partial charge in [-0.25, -0.2) is 4.39 Å². The van der Waals surface area contributed by atoms with Crippen molar-refractivity contribution in [2.24, 2.45) is 0 Å². The third-order valence-corrected chi connectivity index (χ3v) is 2.02. The number of nitrogens with one attached hydrogen (secondary N) is 1. The number of hydrogen-bond donors (Lipinski definition) is 1. The lowest BCUT2D eigenvalue weighted by molar-refractivity contribution is 0.596. The van der Waals surface area contributed by atoms with Gasteiger partial charge in [0, 0.05) is 28.7 Å². The Morgan fingerprint density at radius 1 is 1.50 bits per heavy atom. The molecule has 0 aliphatic rings. The van der Waals surface area contributed by atoms with Crippen LogP contribution in [-0.2, 0) is 6.54 Å². The van der Waals surface area contributed by atoms with Crippen molar-refractivity contribution in [2.45, 2.75) is 6.54 Å². The van der Waals surface area contributed by atoms with E-state index in [1.807, 2.05) is 0 Å². The van der Waals surface area contributed by atoms with Crippen LogP contribution in [0.4, 0.5) is 4.39 Å². The summed E-state index contributed by atoms with van der Waals surface area (Å²) in [6.45, 7) is 4.38. The monoisotopic (exact) mass is 233 g/mol. The fourth-order valence-electron chi connectivity index (χ4n) is 0.998. The maximum Gasteiger partial charge on any atom is 0.129 e. The van der Waals surface area contributed by atoms with Crippen LogP contribution in [0.5, 0.6) is 0 Å². The van der Waals surface area contributed by atoms with E-state index in [2.05, 4.69) is 11.9 Å². The largest absolute Gasteiger partial charge is 0.308 e. The number of rotatable bonds is 4. The molecule has 1 N–H and O–H groups in total. The van der Waals surface area contributed by atoms with Gasteiger partial charge in [-0.2, -0.15) is 0 Å². The van der Waals surface area contributed by atoms with Crippen LogP contribution in [0.1, 0.15) is 5.56 Å². The van der Waals surface area contributed by atoms with Gasteiger partial charge in [0.2, 0.25) is 0 Å². The zero-order valence-electron chi connectivity index (χ0n) is 7.49. The summed E-state index contributed by atoms with van der Waals surface area (Å²) in [5.41, 5.74) is 0.562. The molecule has 0 atom stereocenters. The fourth-order valence-corrected chi connectivity index (χ4v) is 1.25. The molecule has 0 radical (unpaired) electrons. The van der Waals surface area contributed by atoms with Gasteiger partial charge in [0.15, 0.2) is 0 Å². The van der Waals surface area contributed by atoms with E-state index in [0.29, 0.717) is 28.7 Å². The van der Waals surface area contributed by atoms with Gasteiger partial charge in [-0.1, -0.05) is 35.8 Å². The molecule has 1 aromatic rings. The summed E-state index contributed by atoms with van der Waals surface area (Å²) in [6.07, 6.45) is 0. The molecule has 1 rings (SSSR count). The molecule has 0 aliphatic carbocycles. The maximum absolute atomic E-state index is 13.2. The molecule has 0 amide bonds. The van der Waals surface area contributed by atoms with Crippen LogP contribution in [0.2, 0.25) is 5.02 Å². The Bertz CT molecular complexity index is 339. The molecule has 0 unspecified atom stereocenters. The van der Waals surface area contributed by atoms with Crippen LogP contribution < -0.4 is 5.32 Å². The Hall–Kier alpha value is -0.570. The predicted molar refractivity (Wildman–Crippen MR) is 58.1 cm³/mol. The third-order valence-electron chi connectivity index (χ3n) is 1.65. The minimum atomic E-state index is -0.315. The van der Waals surface area contributed by atoms with Gasteiger partial charge in [-0.15, -0.1) is 0 Å². The molecule has 4 heteroatoms. The van der Waals surface area contributed by atoms with Crippen molar-refractivity contribution in [1.82, 2.24) is 5.32 Å². The Balaban J connectivity index is 2.55. The highest BCUT2D eigenvalue weighted by Gasteiger charge is 2.01. The molecule has 1 aromatic carbocycles. The molecule has 14 heavy (non-hydrogen) atoms. The molecular weight excluding hydrogens is 224 g/mol. The quantitative estimate of drug-likeness (QED) is 0.842. The Kier molecular flexibility index (Phi) is 4.39. The summed E-state index contributed by atoms with van der Waals surface area (Å²) in [5.74, 6) is -0.315. The fraction of sp³-hybridized carbons (Fsp3) is 0.200. The van der Waals surface area contributed by atoms with Crippen LogP contribution in [0.15, 0.2) is 29.8 Å². The lowest BCUT2D eigenvalue weighted by Crippen LogP contribution is -2.15. The molecule has 0 saturated carbocycles. The summed E-state index contributed by atoms with van der Waals surface area (Å²) in [7, 11) is 0. The highest BCUT2D eigenvalue weighted by molar-refractivity contribution is 6.30. The number of benzene rings is 1. The number of halogens is 3. The van der Waals surface area contributed by atoms with E-state index in [1.54, 1.807) is 12.1 Å². The van der Waals surface area contributed by atoms with E-state index in [0.717, 1.165) is 0 Å². The Morgan fingerprint density at radius 2 is 2.21 bits per heavy atom. The first-order valence-corrected chi connectivity index (χ1v) is 4.83. The second kappa shape index (κ2) is 5.35. The van der Waals surface area contributed by atoms with Crippen molar-refractivity contribution in [3.63, 3.8) is 0 Å². The molecular formula is C10H10Cl2FN. The van der Waals surface area contributed by atoms with Crippen molar-refractivity contribution in [1.29, 1.82) is 0 Å². The SMILES string of the molecule is C=C(Cl)CNCc1ccc(Cl)cc1F. The molecule has 0 bridgehead atoms. The van der Waals surface area contributed by atoms with Gasteiger partial charge in [0.1, 0.15) is 5.82 Å². The molecule has 0 aliphatic heterocycles. The van der Waals surface area contributed by atoms with E-state index in [9.17, 15) is 4.39 Å². The average Bonchev–Trinajstić information content (AvgIpc) is 2.08. The molecule has 0 heterocycles. The van der Waals surface area contributed by atoms with Crippen LogP contribution in [0.25, 0.3) is 0 Å². The van der Waals surface area contributed by atoms with Gasteiger partial charge in [-0.05, 0) is 12.1 Å². The highest BCUT2D eigenvalue weighted by atomic mass is 35.5. The topological polar surface area (TPSA) is 12.0 Å². The summed E-state index contributed by atoms with van der Waals surface area (Å²) in [6, 6.07) is 4.58. The zero-order chi connectivity index (χ0) is 10.6. The smallest absolute Gasteiger partial charge is 0.129 e. The van der Waals surface area contributed by atoms with Gasteiger partial charge < -0.3 is 5.32 Å². The number of hydrogen-bond acceptors (Lipinski definition) is 1. The normalized spacial score (nSPS) is 10.2. The van der Waals surface area contributed by atoms with E-state index in [1.165, 1.54) is 6.07 Å². The second-order valence-electron chi connectivity index (χ2n) is 2.86. The summed E-state index contributed by atoms with van der Waals surface area (Å²) in [4.78, 5) is 0. The minimum Gasteiger partial charge on any atom is -0.308 e. The van der Waals surface area contributed by atoms with E-state index in [-0.39, 0.29) is 5.82 Å². The molecule has 1 nitrogen and oxygen atoms in total. The van der Waals surface area contributed by atoms with Crippen LogP contribution in [0, 0.1) is 5.82 Å². The summed E-state index contributed by atoms with van der Waals surface area (Å²) < 4.78 is 13.2. The summed E-state index contributed by atoms with van der Waals surface area (Å²) in [5, 5.41) is 3.84. The second-order valence-corrected chi connectivity index (χ2v) is 3.83. The van der Waals surface area contributed by atoms with Gasteiger partial charge >= 0.3 is 0 Å². The maximum atomic E-state index is 13.2.